The Kier molecular flexibility index (Phi) is 4.26. The molecule has 0 bridgehead atoms. The third-order valence-corrected chi connectivity index (χ3v) is 3.26. The summed E-state index contributed by atoms with van der Waals surface area (Å²) in [5, 5.41) is 0.809. The molecule has 3 heteroatoms. The number of aryl methyl sites for hydroxylation is 1. The topological polar surface area (TPSA) is 22.0 Å². The Morgan fingerprint density at radius 3 is 2.71 bits per heavy atom. The summed E-state index contributed by atoms with van der Waals surface area (Å²) in [7, 11) is 0. The second kappa shape index (κ2) is 5.92. The van der Waals surface area contributed by atoms with E-state index in [0.717, 1.165) is 36.0 Å². The standard InChI is InChI=1S/C14H17NOS/c16-14-8-10-15(9-4-1-5-11-17)13-7-3-2-6-12(13)14/h2-3,6-8,10,17H,1,4-5,9,11H2. The van der Waals surface area contributed by atoms with Crippen molar-refractivity contribution < 1.29 is 0 Å². The predicted molar refractivity (Wildman–Crippen MR) is 75.9 cm³/mol. The molecule has 0 fully saturated rings. The van der Waals surface area contributed by atoms with E-state index in [4.69, 9.17) is 0 Å². The maximum atomic E-state index is 11.7. The van der Waals surface area contributed by atoms with Gasteiger partial charge in [-0.15, -0.1) is 0 Å². The van der Waals surface area contributed by atoms with Gasteiger partial charge in [0, 0.05) is 24.2 Å². The molecule has 1 aromatic heterocycles. The van der Waals surface area contributed by atoms with Crippen molar-refractivity contribution in [2.45, 2.75) is 25.8 Å². The van der Waals surface area contributed by atoms with E-state index < -0.39 is 0 Å². The molecule has 0 atom stereocenters. The first-order valence-corrected chi connectivity index (χ1v) is 6.65. The lowest BCUT2D eigenvalue weighted by Gasteiger charge is -2.10. The Balaban J connectivity index is 2.23. The van der Waals surface area contributed by atoms with Crippen molar-refractivity contribution in [3.63, 3.8) is 0 Å². The molecule has 2 aromatic rings. The molecule has 0 aliphatic rings. The first kappa shape index (κ1) is 12.2. The summed E-state index contributed by atoms with van der Waals surface area (Å²) >= 11 is 4.21. The van der Waals surface area contributed by atoms with Crippen LogP contribution in [0, 0.1) is 0 Å². The second-order valence-electron chi connectivity index (χ2n) is 4.17. The molecule has 0 amide bonds. The van der Waals surface area contributed by atoms with Crippen molar-refractivity contribution in [3.8, 4) is 0 Å². The number of hydrogen-bond donors (Lipinski definition) is 1. The Labute approximate surface area is 107 Å². The fourth-order valence-electron chi connectivity index (χ4n) is 2.03. The summed E-state index contributed by atoms with van der Waals surface area (Å²) in [6.45, 7) is 0.967. The van der Waals surface area contributed by atoms with E-state index in [1.807, 2.05) is 30.5 Å². The van der Waals surface area contributed by atoms with Gasteiger partial charge in [0.25, 0.3) is 0 Å². The fraction of sp³-hybridized carbons (Fsp3) is 0.357. The average Bonchev–Trinajstić information content (AvgIpc) is 2.37. The van der Waals surface area contributed by atoms with Crippen LogP contribution in [0.15, 0.2) is 41.3 Å². The summed E-state index contributed by atoms with van der Waals surface area (Å²) in [5.74, 6) is 0.949. The number of rotatable bonds is 5. The Bertz CT molecular complexity index is 547. The normalized spacial score (nSPS) is 10.9. The number of thiol groups is 1. The molecule has 0 unspecified atom stereocenters. The van der Waals surface area contributed by atoms with Crippen LogP contribution >= 0.6 is 12.6 Å². The number of benzene rings is 1. The zero-order chi connectivity index (χ0) is 12.1. The number of pyridine rings is 1. The lowest BCUT2D eigenvalue weighted by Crippen LogP contribution is -2.08. The van der Waals surface area contributed by atoms with Gasteiger partial charge in [0.05, 0.1) is 5.52 Å². The van der Waals surface area contributed by atoms with Crippen molar-refractivity contribution in [2.75, 3.05) is 5.75 Å². The highest BCUT2D eigenvalue weighted by Crippen LogP contribution is 2.11. The van der Waals surface area contributed by atoms with Crippen LogP contribution in [0.5, 0.6) is 0 Å². The average molecular weight is 247 g/mol. The smallest absolute Gasteiger partial charge is 0.189 e. The van der Waals surface area contributed by atoms with Gasteiger partial charge >= 0.3 is 0 Å². The zero-order valence-corrected chi connectivity index (χ0v) is 10.7. The molecule has 17 heavy (non-hydrogen) atoms. The molecule has 1 heterocycles. The zero-order valence-electron chi connectivity index (χ0n) is 9.80. The van der Waals surface area contributed by atoms with E-state index in [-0.39, 0.29) is 5.43 Å². The van der Waals surface area contributed by atoms with Gasteiger partial charge in [-0.25, -0.2) is 0 Å². The van der Waals surface area contributed by atoms with Crippen molar-refractivity contribution >= 4 is 23.5 Å². The number of unbranched alkanes of at least 4 members (excludes halogenated alkanes) is 2. The highest BCUT2D eigenvalue weighted by atomic mass is 32.1. The van der Waals surface area contributed by atoms with Crippen LogP contribution < -0.4 is 5.43 Å². The molecular formula is C14H17NOS. The molecular weight excluding hydrogens is 230 g/mol. The summed E-state index contributed by atoms with van der Waals surface area (Å²) in [4.78, 5) is 11.7. The van der Waals surface area contributed by atoms with Gasteiger partial charge < -0.3 is 4.57 Å². The molecule has 90 valence electrons. The SMILES string of the molecule is O=c1ccn(CCCCCS)c2ccccc12. The molecule has 0 spiro atoms. The highest BCUT2D eigenvalue weighted by Gasteiger charge is 2.01. The minimum absolute atomic E-state index is 0.104. The van der Waals surface area contributed by atoms with Crippen LogP contribution in [0.3, 0.4) is 0 Å². The molecule has 0 saturated heterocycles. The highest BCUT2D eigenvalue weighted by molar-refractivity contribution is 7.80. The number of fused-ring (bicyclic) bond motifs is 1. The minimum atomic E-state index is 0.104. The van der Waals surface area contributed by atoms with Crippen molar-refractivity contribution in [3.05, 3.63) is 46.8 Å². The van der Waals surface area contributed by atoms with Gasteiger partial charge in [-0.05, 0) is 30.7 Å². The van der Waals surface area contributed by atoms with E-state index in [1.165, 1.54) is 6.42 Å². The lowest BCUT2D eigenvalue weighted by atomic mass is 10.2. The van der Waals surface area contributed by atoms with Gasteiger partial charge in [-0.2, -0.15) is 12.6 Å². The van der Waals surface area contributed by atoms with E-state index >= 15 is 0 Å². The summed E-state index contributed by atoms with van der Waals surface area (Å²) in [6.07, 6.45) is 5.37. The van der Waals surface area contributed by atoms with Crippen molar-refractivity contribution in [2.24, 2.45) is 0 Å². The number of para-hydroxylation sites is 1. The van der Waals surface area contributed by atoms with Crippen LogP contribution in [0.1, 0.15) is 19.3 Å². The van der Waals surface area contributed by atoms with Gasteiger partial charge in [0.15, 0.2) is 5.43 Å². The van der Waals surface area contributed by atoms with Crippen LogP contribution in [-0.2, 0) is 6.54 Å². The number of hydrogen-bond acceptors (Lipinski definition) is 2. The maximum absolute atomic E-state index is 11.7. The fourth-order valence-corrected chi connectivity index (χ4v) is 2.25. The number of aromatic nitrogens is 1. The van der Waals surface area contributed by atoms with Crippen LogP contribution in [-0.4, -0.2) is 10.3 Å². The third kappa shape index (κ3) is 2.91. The Hall–Kier alpha value is -1.22. The van der Waals surface area contributed by atoms with Gasteiger partial charge in [-0.3, -0.25) is 4.79 Å². The summed E-state index contributed by atoms with van der Waals surface area (Å²) < 4.78 is 2.16. The first-order valence-electron chi connectivity index (χ1n) is 6.02. The maximum Gasteiger partial charge on any atom is 0.189 e. The molecule has 0 N–H and O–H groups in total. The molecule has 0 radical (unpaired) electrons. The predicted octanol–water partition coefficient (Wildman–Crippen LogP) is 3.10. The van der Waals surface area contributed by atoms with Gasteiger partial charge in [0.2, 0.25) is 0 Å². The quantitative estimate of drug-likeness (QED) is 0.636. The summed E-state index contributed by atoms with van der Waals surface area (Å²) in [6, 6.07) is 9.44. The van der Waals surface area contributed by atoms with E-state index in [9.17, 15) is 4.79 Å². The van der Waals surface area contributed by atoms with Crippen LogP contribution in [0.4, 0.5) is 0 Å². The Morgan fingerprint density at radius 2 is 1.88 bits per heavy atom. The molecule has 1 aromatic carbocycles. The first-order chi connectivity index (χ1) is 8.33. The monoisotopic (exact) mass is 247 g/mol. The van der Waals surface area contributed by atoms with Crippen LogP contribution in [0.2, 0.25) is 0 Å². The van der Waals surface area contributed by atoms with Crippen molar-refractivity contribution in [1.82, 2.24) is 4.57 Å². The van der Waals surface area contributed by atoms with Gasteiger partial charge in [-0.1, -0.05) is 18.6 Å². The molecule has 2 rings (SSSR count). The van der Waals surface area contributed by atoms with E-state index in [2.05, 4.69) is 17.2 Å². The number of nitrogens with zero attached hydrogens (tertiary/aromatic N) is 1. The Morgan fingerprint density at radius 1 is 1.06 bits per heavy atom. The molecule has 2 nitrogen and oxygen atoms in total. The van der Waals surface area contributed by atoms with Gasteiger partial charge in [0.1, 0.15) is 0 Å². The minimum Gasteiger partial charge on any atom is -0.347 e. The van der Waals surface area contributed by atoms with Crippen molar-refractivity contribution in [1.29, 1.82) is 0 Å². The van der Waals surface area contributed by atoms with Crippen LogP contribution in [0.25, 0.3) is 10.9 Å². The third-order valence-electron chi connectivity index (χ3n) is 2.94. The largest absolute Gasteiger partial charge is 0.347 e. The van der Waals surface area contributed by atoms with E-state index in [0.29, 0.717) is 0 Å². The molecule has 0 saturated carbocycles. The second-order valence-corrected chi connectivity index (χ2v) is 4.62. The molecule has 0 aliphatic heterocycles. The van der Waals surface area contributed by atoms with E-state index in [1.54, 1.807) is 6.07 Å². The summed E-state index contributed by atoms with van der Waals surface area (Å²) in [5.41, 5.74) is 1.14. The molecule has 0 aliphatic carbocycles. The lowest BCUT2D eigenvalue weighted by molar-refractivity contribution is 0.616.